The third-order valence-corrected chi connectivity index (χ3v) is 4.75. The number of halogens is 6. The van der Waals surface area contributed by atoms with Gasteiger partial charge in [-0.1, -0.05) is 12.1 Å². The fraction of sp³-hybridized carbons (Fsp3) is 0.625. The number of hydrogen-bond acceptors (Lipinski definition) is 6. The minimum atomic E-state index is -2.74. The Morgan fingerprint density at radius 1 is 0.667 bits per heavy atom. The Morgan fingerprint density at radius 3 is 1.55 bits per heavy atom. The molecule has 17 heteroatoms. The topological polar surface area (TPSA) is 92.1 Å². The summed E-state index contributed by atoms with van der Waals surface area (Å²) < 4.78 is 86.4. The van der Waals surface area contributed by atoms with E-state index in [-0.39, 0.29) is 5.69 Å². The van der Waals surface area contributed by atoms with Crippen LogP contribution in [0.3, 0.4) is 0 Å². The summed E-state index contributed by atoms with van der Waals surface area (Å²) >= 11 is 0. The van der Waals surface area contributed by atoms with Crippen LogP contribution in [0.2, 0.25) is 5.82 Å². The van der Waals surface area contributed by atoms with Crippen LogP contribution in [0, 0.1) is 0 Å². The van der Waals surface area contributed by atoms with Gasteiger partial charge in [0.1, 0.15) is 23.7 Å². The van der Waals surface area contributed by atoms with Crippen LogP contribution >= 0.6 is 0 Å². The molecule has 3 heterocycles. The molecule has 0 fully saturated rings. The van der Waals surface area contributed by atoms with Crippen LogP contribution in [0.5, 0.6) is 0 Å². The number of aryl methyl sites for hydroxylation is 1. The van der Waals surface area contributed by atoms with Crippen LogP contribution in [0.4, 0.5) is 26.3 Å². The predicted molar refractivity (Wildman–Crippen MR) is 103 cm³/mol. The molecule has 9 nitrogen and oxygen atoms in total. The standard InChI is InChI=1S/C16H17B2F6N9/c1-6(17)11(19)15(23)12(20)8-4-32(29-26-8)33-5-9(27-30-33)13(21)16(24)14(22)10(18)7-3-31(2)28-25-7/h3-6,10-16H,1-2H3. The van der Waals surface area contributed by atoms with E-state index >= 15 is 0 Å². The number of hydrogen-bond donors (Lipinski definition) is 0. The summed E-state index contributed by atoms with van der Waals surface area (Å²) in [5.74, 6) is -2.85. The smallest absolute Gasteiger partial charge is 0.179 e. The largest absolute Gasteiger partial charge is 0.255 e. The monoisotopic (exact) mass is 471 g/mol. The maximum Gasteiger partial charge on any atom is 0.179 e. The van der Waals surface area contributed by atoms with E-state index in [0.29, 0.717) is 9.58 Å². The van der Waals surface area contributed by atoms with Gasteiger partial charge >= 0.3 is 0 Å². The minimum absolute atomic E-state index is 0.0786. The lowest BCUT2D eigenvalue weighted by Crippen LogP contribution is -2.29. The molecule has 8 unspecified atom stereocenters. The second-order valence-corrected chi connectivity index (χ2v) is 7.41. The molecule has 0 bridgehead atoms. The maximum absolute atomic E-state index is 14.6. The van der Waals surface area contributed by atoms with Crippen molar-refractivity contribution in [3.8, 4) is 0 Å². The first-order valence-corrected chi connectivity index (χ1v) is 9.58. The maximum atomic E-state index is 14.6. The molecule has 0 aliphatic heterocycles. The van der Waals surface area contributed by atoms with Gasteiger partial charge in [0.05, 0.1) is 33.8 Å². The molecule has 0 amide bonds. The normalized spacial score (nSPS) is 19.4. The molecule has 3 aromatic rings. The molecule has 0 aromatic carbocycles. The van der Waals surface area contributed by atoms with E-state index in [1.165, 1.54) is 24.9 Å². The van der Waals surface area contributed by atoms with Gasteiger partial charge in [0.2, 0.25) is 0 Å². The van der Waals surface area contributed by atoms with Crippen molar-refractivity contribution in [3.63, 3.8) is 0 Å². The Labute approximate surface area is 186 Å². The van der Waals surface area contributed by atoms with Crippen LogP contribution in [0.25, 0.3) is 0 Å². The van der Waals surface area contributed by atoms with Crippen molar-refractivity contribution in [2.75, 3.05) is 0 Å². The molecule has 3 aromatic heterocycles. The van der Waals surface area contributed by atoms with Crippen LogP contribution in [0.15, 0.2) is 18.6 Å². The molecule has 0 saturated carbocycles. The minimum Gasteiger partial charge on any atom is -0.255 e. The second-order valence-electron chi connectivity index (χ2n) is 7.41. The SMILES string of the molecule is [B]C(C)C(F)C(F)C(F)c1cn(-n2cc(C(F)C(F)C(F)C([B])c3cn(C)nn3)nn2)nn1. The first kappa shape index (κ1) is 24.8. The van der Waals surface area contributed by atoms with Crippen molar-refractivity contribution in [1.82, 2.24) is 45.2 Å². The van der Waals surface area contributed by atoms with E-state index in [2.05, 4.69) is 30.9 Å². The highest BCUT2D eigenvalue weighted by Crippen LogP contribution is 2.32. The van der Waals surface area contributed by atoms with Gasteiger partial charge in [-0.3, -0.25) is 4.68 Å². The van der Waals surface area contributed by atoms with Gasteiger partial charge in [-0.25, -0.2) is 26.3 Å². The van der Waals surface area contributed by atoms with Gasteiger partial charge < -0.3 is 0 Å². The predicted octanol–water partition coefficient (Wildman–Crippen LogP) is 1.57. The van der Waals surface area contributed by atoms with E-state index in [1.54, 1.807) is 0 Å². The Hall–Kier alpha value is -2.87. The van der Waals surface area contributed by atoms with Gasteiger partial charge in [-0.2, -0.15) is 0 Å². The van der Waals surface area contributed by atoms with E-state index < -0.39 is 60.1 Å². The third kappa shape index (κ3) is 5.21. The van der Waals surface area contributed by atoms with Gasteiger partial charge in [0.25, 0.3) is 0 Å². The van der Waals surface area contributed by atoms with Crippen LogP contribution < -0.4 is 0 Å². The lowest BCUT2D eigenvalue weighted by atomic mass is 9.78. The molecule has 0 N–H and O–H groups in total. The van der Waals surface area contributed by atoms with Crippen molar-refractivity contribution >= 4 is 15.7 Å². The van der Waals surface area contributed by atoms with Crippen molar-refractivity contribution < 1.29 is 26.3 Å². The van der Waals surface area contributed by atoms with Gasteiger partial charge in [-0.15, -0.1) is 24.9 Å². The summed E-state index contributed by atoms with van der Waals surface area (Å²) in [6, 6.07) is 0. The molecule has 174 valence electrons. The van der Waals surface area contributed by atoms with Gasteiger partial charge in [0, 0.05) is 19.1 Å². The number of rotatable bonds is 10. The lowest BCUT2D eigenvalue weighted by Gasteiger charge is -2.20. The van der Waals surface area contributed by atoms with E-state index in [0.717, 1.165) is 12.4 Å². The molecule has 8 atom stereocenters. The highest BCUT2D eigenvalue weighted by Gasteiger charge is 2.38. The summed E-state index contributed by atoms with van der Waals surface area (Å²) in [6.07, 6.45) is -12.3. The number of alkyl halides is 6. The summed E-state index contributed by atoms with van der Waals surface area (Å²) in [7, 11) is 12.3. The van der Waals surface area contributed by atoms with E-state index in [9.17, 15) is 26.3 Å². The highest BCUT2D eigenvalue weighted by atomic mass is 19.2. The molecule has 3 rings (SSSR count). The fourth-order valence-electron chi connectivity index (χ4n) is 2.81. The van der Waals surface area contributed by atoms with Crippen molar-refractivity contribution in [2.45, 2.75) is 55.6 Å². The molecule has 0 spiro atoms. The lowest BCUT2D eigenvalue weighted by molar-refractivity contribution is 0.0763. The first-order chi connectivity index (χ1) is 15.5. The summed E-state index contributed by atoms with van der Waals surface area (Å²) in [6.45, 7) is 1.17. The van der Waals surface area contributed by atoms with Crippen LogP contribution in [-0.4, -0.2) is 85.6 Å². The molecule has 33 heavy (non-hydrogen) atoms. The Kier molecular flexibility index (Phi) is 7.47. The molecular weight excluding hydrogens is 454 g/mol. The van der Waals surface area contributed by atoms with Crippen molar-refractivity contribution in [3.05, 3.63) is 35.7 Å². The molecule has 0 saturated heterocycles. The number of nitrogens with zero attached hydrogens (tertiary/aromatic N) is 9. The van der Waals surface area contributed by atoms with E-state index in [4.69, 9.17) is 15.7 Å². The summed E-state index contributed by atoms with van der Waals surface area (Å²) in [5, 5.41) is 20.8. The van der Waals surface area contributed by atoms with Crippen molar-refractivity contribution in [1.29, 1.82) is 0 Å². The van der Waals surface area contributed by atoms with E-state index in [1.807, 2.05) is 0 Å². The first-order valence-electron chi connectivity index (χ1n) is 9.58. The highest BCUT2D eigenvalue weighted by molar-refractivity contribution is 6.12. The zero-order valence-corrected chi connectivity index (χ0v) is 17.3. The zero-order chi connectivity index (χ0) is 24.4. The van der Waals surface area contributed by atoms with Gasteiger partial charge in [-0.05, 0) is 16.2 Å². The average molecular weight is 471 g/mol. The number of aromatic nitrogens is 9. The van der Waals surface area contributed by atoms with Crippen LogP contribution in [-0.2, 0) is 7.05 Å². The van der Waals surface area contributed by atoms with Gasteiger partial charge in [0.15, 0.2) is 24.7 Å². The summed E-state index contributed by atoms with van der Waals surface area (Å²) in [4.78, 5) is 1.42. The Bertz CT molecular complexity index is 1050. The molecule has 4 radical (unpaired) electrons. The van der Waals surface area contributed by atoms with Crippen molar-refractivity contribution in [2.24, 2.45) is 7.05 Å². The molecule has 0 aliphatic carbocycles. The average Bonchev–Trinajstić information content (AvgIpc) is 3.55. The summed E-state index contributed by atoms with van der Waals surface area (Å²) in [5.41, 5.74) is -1.30. The van der Waals surface area contributed by atoms with Crippen LogP contribution in [0.1, 0.15) is 42.2 Å². The quantitative estimate of drug-likeness (QED) is 0.330. The molecular formula is C16H17B2F6N9. The second kappa shape index (κ2) is 9.95. The third-order valence-electron chi connectivity index (χ3n) is 4.75. The fourth-order valence-corrected chi connectivity index (χ4v) is 2.81. The Morgan fingerprint density at radius 2 is 1.12 bits per heavy atom. The Balaban J connectivity index is 1.70. The zero-order valence-electron chi connectivity index (χ0n) is 17.3. The molecule has 0 aliphatic rings.